The normalized spacial score (nSPS) is 18.4. The molecule has 1 saturated carbocycles. The molecular weight excluding hydrogens is 271 g/mol. The van der Waals surface area contributed by atoms with E-state index >= 15 is 0 Å². The molecule has 1 aliphatic rings. The SMILES string of the molecule is N[C@H]([C@H](C(=O)OCc1ccccc1)C1CC1)C(F)(F)F. The van der Waals surface area contributed by atoms with Crippen LogP contribution in [0.1, 0.15) is 18.4 Å². The Morgan fingerprint density at radius 3 is 2.40 bits per heavy atom. The van der Waals surface area contributed by atoms with Crippen LogP contribution >= 0.6 is 0 Å². The van der Waals surface area contributed by atoms with Crippen molar-refractivity contribution in [2.75, 3.05) is 0 Å². The van der Waals surface area contributed by atoms with Gasteiger partial charge >= 0.3 is 12.1 Å². The van der Waals surface area contributed by atoms with Crippen LogP contribution in [0.3, 0.4) is 0 Å². The maximum atomic E-state index is 12.7. The number of nitrogens with two attached hydrogens (primary N) is 1. The lowest BCUT2D eigenvalue weighted by atomic mass is 9.94. The van der Waals surface area contributed by atoms with Crippen molar-refractivity contribution in [3.05, 3.63) is 35.9 Å². The van der Waals surface area contributed by atoms with Gasteiger partial charge in [0.15, 0.2) is 0 Å². The molecule has 0 unspecified atom stereocenters. The van der Waals surface area contributed by atoms with Gasteiger partial charge in [0.1, 0.15) is 12.6 Å². The molecule has 3 nitrogen and oxygen atoms in total. The fraction of sp³-hybridized carbons (Fsp3) is 0.500. The summed E-state index contributed by atoms with van der Waals surface area (Å²) in [5, 5.41) is 0. The Morgan fingerprint density at radius 1 is 1.30 bits per heavy atom. The van der Waals surface area contributed by atoms with Gasteiger partial charge in [-0.05, 0) is 24.3 Å². The standard InChI is InChI=1S/C14H16F3NO2/c15-14(16,17)12(18)11(10-6-7-10)13(19)20-8-9-4-2-1-3-5-9/h1-5,10-12H,6-8,18H2/t11-,12-/m1/s1. The Kier molecular flexibility index (Phi) is 4.32. The second kappa shape index (κ2) is 5.83. The van der Waals surface area contributed by atoms with Crippen molar-refractivity contribution in [3.63, 3.8) is 0 Å². The van der Waals surface area contributed by atoms with Gasteiger partial charge in [-0.15, -0.1) is 0 Å². The summed E-state index contributed by atoms with van der Waals surface area (Å²) in [5.41, 5.74) is 5.91. The Labute approximate surface area is 114 Å². The van der Waals surface area contributed by atoms with E-state index in [1.54, 1.807) is 30.3 Å². The molecule has 6 heteroatoms. The third-order valence-corrected chi connectivity index (χ3v) is 3.39. The average Bonchev–Trinajstić information content (AvgIpc) is 3.21. The topological polar surface area (TPSA) is 52.3 Å². The molecule has 2 N–H and O–H groups in total. The van der Waals surface area contributed by atoms with Crippen LogP contribution in [0.4, 0.5) is 13.2 Å². The maximum absolute atomic E-state index is 12.7. The number of benzene rings is 1. The zero-order valence-corrected chi connectivity index (χ0v) is 10.8. The smallest absolute Gasteiger partial charge is 0.404 e. The van der Waals surface area contributed by atoms with Gasteiger partial charge in [-0.2, -0.15) is 13.2 Å². The first-order valence-electron chi connectivity index (χ1n) is 6.42. The van der Waals surface area contributed by atoms with Crippen LogP contribution in [0.5, 0.6) is 0 Å². The molecule has 0 spiro atoms. The predicted octanol–water partition coefficient (Wildman–Crippen LogP) is 2.65. The summed E-state index contributed by atoms with van der Waals surface area (Å²) in [6.45, 7) is -0.0343. The van der Waals surface area contributed by atoms with Gasteiger partial charge in [-0.3, -0.25) is 4.79 Å². The number of hydrogen-bond acceptors (Lipinski definition) is 3. The van der Waals surface area contributed by atoms with E-state index < -0.39 is 24.1 Å². The maximum Gasteiger partial charge on any atom is 0.404 e. The molecule has 2 atom stereocenters. The minimum atomic E-state index is -4.58. The number of rotatable bonds is 5. The van der Waals surface area contributed by atoms with Crippen molar-refractivity contribution < 1.29 is 22.7 Å². The minimum absolute atomic E-state index is 0.0343. The van der Waals surface area contributed by atoms with Crippen LogP contribution in [0.15, 0.2) is 30.3 Å². The van der Waals surface area contributed by atoms with Crippen molar-refractivity contribution in [3.8, 4) is 0 Å². The highest BCUT2D eigenvalue weighted by atomic mass is 19.4. The summed E-state index contributed by atoms with van der Waals surface area (Å²) in [7, 11) is 0. The average molecular weight is 287 g/mol. The molecule has 0 heterocycles. The summed E-state index contributed by atoms with van der Waals surface area (Å²) < 4.78 is 43.0. The molecule has 0 radical (unpaired) electrons. The van der Waals surface area contributed by atoms with Crippen LogP contribution in [0, 0.1) is 11.8 Å². The quantitative estimate of drug-likeness (QED) is 0.847. The summed E-state index contributed by atoms with van der Waals surface area (Å²) in [6, 6.07) is 6.66. The number of esters is 1. The van der Waals surface area contributed by atoms with E-state index in [-0.39, 0.29) is 12.5 Å². The molecular formula is C14H16F3NO2. The monoisotopic (exact) mass is 287 g/mol. The van der Waals surface area contributed by atoms with Gasteiger partial charge in [0.25, 0.3) is 0 Å². The lowest BCUT2D eigenvalue weighted by molar-refractivity contribution is -0.178. The van der Waals surface area contributed by atoms with Crippen LogP contribution < -0.4 is 5.73 Å². The van der Waals surface area contributed by atoms with Crippen LogP contribution in [0.2, 0.25) is 0 Å². The van der Waals surface area contributed by atoms with E-state index in [1.807, 2.05) is 0 Å². The van der Waals surface area contributed by atoms with Crippen LogP contribution in [-0.4, -0.2) is 18.2 Å². The van der Waals surface area contributed by atoms with Gasteiger partial charge in [-0.25, -0.2) is 0 Å². The van der Waals surface area contributed by atoms with Crippen molar-refractivity contribution in [2.24, 2.45) is 17.6 Å². The van der Waals surface area contributed by atoms with Gasteiger partial charge in [-0.1, -0.05) is 30.3 Å². The minimum Gasteiger partial charge on any atom is -0.461 e. The number of carbonyl (C=O) groups excluding carboxylic acids is 1. The number of ether oxygens (including phenoxy) is 1. The van der Waals surface area contributed by atoms with E-state index in [9.17, 15) is 18.0 Å². The number of carbonyl (C=O) groups is 1. The molecule has 1 aromatic carbocycles. The van der Waals surface area contributed by atoms with Crippen molar-refractivity contribution in [1.29, 1.82) is 0 Å². The molecule has 1 aromatic rings. The van der Waals surface area contributed by atoms with E-state index in [0.717, 1.165) is 5.56 Å². The van der Waals surface area contributed by atoms with Crippen molar-refractivity contribution in [1.82, 2.24) is 0 Å². The molecule has 0 aliphatic heterocycles. The molecule has 0 saturated heterocycles. The second-order valence-corrected chi connectivity index (χ2v) is 5.02. The highest BCUT2D eigenvalue weighted by molar-refractivity contribution is 5.74. The number of alkyl halides is 3. The third-order valence-electron chi connectivity index (χ3n) is 3.39. The Morgan fingerprint density at radius 2 is 1.90 bits per heavy atom. The van der Waals surface area contributed by atoms with Crippen LogP contribution in [-0.2, 0) is 16.1 Å². The molecule has 0 bridgehead atoms. The summed E-state index contributed by atoms with van der Waals surface area (Å²) in [5.74, 6) is -2.46. The van der Waals surface area contributed by atoms with Gasteiger partial charge in [0.2, 0.25) is 0 Å². The predicted molar refractivity (Wildman–Crippen MR) is 66.5 cm³/mol. The van der Waals surface area contributed by atoms with E-state index in [1.165, 1.54) is 0 Å². The zero-order chi connectivity index (χ0) is 14.8. The number of hydrogen-bond donors (Lipinski definition) is 1. The van der Waals surface area contributed by atoms with E-state index in [2.05, 4.69) is 0 Å². The summed E-state index contributed by atoms with van der Waals surface area (Å²) >= 11 is 0. The molecule has 20 heavy (non-hydrogen) atoms. The summed E-state index contributed by atoms with van der Waals surface area (Å²) in [6.07, 6.45) is -3.40. The first-order valence-corrected chi connectivity index (χ1v) is 6.42. The highest BCUT2D eigenvalue weighted by Crippen LogP contribution is 2.42. The molecule has 2 rings (SSSR count). The first-order chi connectivity index (χ1) is 9.39. The van der Waals surface area contributed by atoms with Crippen LogP contribution in [0.25, 0.3) is 0 Å². The fourth-order valence-corrected chi connectivity index (χ4v) is 2.12. The van der Waals surface area contributed by atoms with Gasteiger partial charge < -0.3 is 10.5 Å². The summed E-state index contributed by atoms with van der Waals surface area (Å²) in [4.78, 5) is 11.9. The Hall–Kier alpha value is -1.56. The Balaban J connectivity index is 1.98. The zero-order valence-electron chi connectivity index (χ0n) is 10.8. The fourth-order valence-electron chi connectivity index (χ4n) is 2.12. The van der Waals surface area contributed by atoms with Crippen molar-refractivity contribution >= 4 is 5.97 Å². The molecule has 0 amide bonds. The lowest BCUT2D eigenvalue weighted by Crippen LogP contribution is -2.48. The molecule has 0 aromatic heterocycles. The van der Waals surface area contributed by atoms with E-state index in [4.69, 9.17) is 10.5 Å². The highest BCUT2D eigenvalue weighted by Gasteiger charge is 2.51. The van der Waals surface area contributed by atoms with Gasteiger partial charge in [0.05, 0.1) is 5.92 Å². The van der Waals surface area contributed by atoms with Crippen molar-refractivity contribution in [2.45, 2.75) is 31.7 Å². The largest absolute Gasteiger partial charge is 0.461 e. The molecule has 1 aliphatic carbocycles. The van der Waals surface area contributed by atoms with E-state index in [0.29, 0.717) is 12.8 Å². The third kappa shape index (κ3) is 3.72. The molecule has 1 fully saturated rings. The first kappa shape index (κ1) is 14.8. The lowest BCUT2D eigenvalue weighted by Gasteiger charge is -2.24. The van der Waals surface area contributed by atoms with Gasteiger partial charge in [0, 0.05) is 0 Å². The second-order valence-electron chi connectivity index (χ2n) is 5.02. The Bertz CT molecular complexity index is 457. The number of halogens is 3. The molecule has 110 valence electrons.